The number of fused-ring (bicyclic) bond motifs is 1. The van der Waals surface area contributed by atoms with E-state index < -0.39 is 47.1 Å². The summed E-state index contributed by atoms with van der Waals surface area (Å²) in [5, 5.41) is 57.6. The zero-order valence-electron chi connectivity index (χ0n) is 25.3. The number of hydrogen-bond donors (Lipinski definition) is 10. The summed E-state index contributed by atoms with van der Waals surface area (Å²) >= 11 is 3.43. The number of halogens is 1. The minimum atomic E-state index is -1.20. The molecule has 246 valence electrons. The van der Waals surface area contributed by atoms with Gasteiger partial charge in [-0.2, -0.15) is 0 Å². The molecule has 0 spiro atoms. The number of phenolic OH excluding ortho intramolecular Hbond substituents is 5. The average molecular weight is 709 g/mol. The van der Waals surface area contributed by atoms with Gasteiger partial charge in [0.15, 0.2) is 28.7 Å². The Kier molecular flexibility index (Phi) is 10.8. The van der Waals surface area contributed by atoms with Crippen molar-refractivity contribution >= 4 is 56.7 Å². The molecule has 0 aliphatic rings. The molecule has 11 N–H and O–H groups in total. The summed E-state index contributed by atoms with van der Waals surface area (Å²) in [7, 11) is 0. The molecule has 0 saturated carbocycles. The molecule has 4 rings (SSSR count). The molecular formula is C33H34BrN5O8. The predicted molar refractivity (Wildman–Crippen MR) is 179 cm³/mol. The van der Waals surface area contributed by atoms with Crippen LogP contribution in [0.2, 0.25) is 0 Å². The van der Waals surface area contributed by atoms with E-state index in [-0.39, 0.29) is 35.1 Å². The molecular weight excluding hydrogens is 674 g/mol. The van der Waals surface area contributed by atoms with Crippen molar-refractivity contribution in [2.45, 2.75) is 32.4 Å². The highest BCUT2D eigenvalue weighted by Gasteiger charge is 2.26. The van der Waals surface area contributed by atoms with E-state index in [1.54, 1.807) is 20.0 Å². The standard InChI is InChI=1S/C33H34BrN5O8/c1-16(2)29(35)33(47)39-23(9-18-11-27(42)30(44)28(43)12-18)32(46)38-24(13-19-15-37-22-14-20(34)4-5-21(19)22)31(45)36-8-7-17-3-6-25(40)26(41)10-17/h3-12,14-16,24,29,37,40-44H,13,35H2,1-2H3,(H,36,45)(H,38,46)(H,39,47)/b8-7+,23-9-/t24-,29+/m0/s1. The smallest absolute Gasteiger partial charge is 0.268 e. The fourth-order valence-electron chi connectivity index (χ4n) is 4.51. The van der Waals surface area contributed by atoms with E-state index in [1.165, 1.54) is 30.5 Å². The van der Waals surface area contributed by atoms with E-state index in [2.05, 4.69) is 36.9 Å². The second-order valence-corrected chi connectivity index (χ2v) is 12.0. The summed E-state index contributed by atoms with van der Waals surface area (Å²) in [5.41, 5.74) is 7.65. The van der Waals surface area contributed by atoms with Crippen molar-refractivity contribution in [3.63, 3.8) is 0 Å². The van der Waals surface area contributed by atoms with Crippen LogP contribution in [0.15, 0.2) is 71.1 Å². The maximum absolute atomic E-state index is 13.8. The molecule has 2 atom stereocenters. The van der Waals surface area contributed by atoms with Gasteiger partial charge in [0, 0.05) is 34.2 Å². The molecule has 0 bridgehead atoms. The van der Waals surface area contributed by atoms with Gasteiger partial charge in [-0.05, 0) is 71.2 Å². The van der Waals surface area contributed by atoms with Crippen LogP contribution in [0.1, 0.15) is 30.5 Å². The number of nitrogens with two attached hydrogens (primary N) is 1. The van der Waals surface area contributed by atoms with Gasteiger partial charge < -0.3 is 52.2 Å². The number of aromatic hydroxyl groups is 5. The number of aromatic nitrogens is 1. The van der Waals surface area contributed by atoms with E-state index in [4.69, 9.17) is 5.73 Å². The van der Waals surface area contributed by atoms with Gasteiger partial charge in [0.2, 0.25) is 11.8 Å². The summed E-state index contributed by atoms with van der Waals surface area (Å²) in [6.07, 6.45) is 5.65. The van der Waals surface area contributed by atoms with Gasteiger partial charge >= 0.3 is 0 Å². The number of H-pyrrole nitrogens is 1. The second kappa shape index (κ2) is 14.7. The van der Waals surface area contributed by atoms with Crippen molar-refractivity contribution in [3.05, 3.63) is 87.8 Å². The van der Waals surface area contributed by atoms with Gasteiger partial charge in [-0.3, -0.25) is 14.4 Å². The molecule has 3 aromatic carbocycles. The van der Waals surface area contributed by atoms with Gasteiger partial charge in [0.25, 0.3) is 5.91 Å². The van der Waals surface area contributed by atoms with Crippen molar-refractivity contribution in [2.24, 2.45) is 11.7 Å². The lowest BCUT2D eigenvalue weighted by Gasteiger charge is -2.21. The lowest BCUT2D eigenvalue weighted by Crippen LogP contribution is -2.50. The van der Waals surface area contributed by atoms with Crippen LogP contribution < -0.4 is 21.7 Å². The molecule has 0 aliphatic carbocycles. The summed E-state index contributed by atoms with van der Waals surface area (Å²) < 4.78 is 0.836. The van der Waals surface area contributed by atoms with Gasteiger partial charge in [-0.15, -0.1) is 0 Å². The van der Waals surface area contributed by atoms with Crippen molar-refractivity contribution in [3.8, 4) is 28.7 Å². The first-order chi connectivity index (χ1) is 22.2. The number of hydrogen-bond acceptors (Lipinski definition) is 9. The minimum absolute atomic E-state index is 0.0144. The molecule has 0 fully saturated rings. The lowest BCUT2D eigenvalue weighted by molar-refractivity contribution is -0.128. The van der Waals surface area contributed by atoms with Gasteiger partial charge in [-0.1, -0.05) is 41.9 Å². The first kappa shape index (κ1) is 34.4. The molecule has 1 heterocycles. The first-order valence-electron chi connectivity index (χ1n) is 14.3. The van der Waals surface area contributed by atoms with Crippen LogP contribution in [0.25, 0.3) is 23.1 Å². The van der Waals surface area contributed by atoms with Crippen molar-refractivity contribution in [2.75, 3.05) is 0 Å². The van der Waals surface area contributed by atoms with Gasteiger partial charge in [-0.25, -0.2) is 0 Å². The summed E-state index contributed by atoms with van der Waals surface area (Å²) in [6.45, 7) is 3.44. The number of amides is 3. The summed E-state index contributed by atoms with van der Waals surface area (Å²) in [4.78, 5) is 43.3. The Morgan fingerprint density at radius 3 is 2.23 bits per heavy atom. The zero-order valence-corrected chi connectivity index (χ0v) is 26.9. The van der Waals surface area contributed by atoms with Crippen LogP contribution >= 0.6 is 15.9 Å². The Hall–Kier alpha value is -5.47. The Labute approximate surface area is 277 Å². The van der Waals surface area contributed by atoms with E-state index in [0.717, 1.165) is 33.6 Å². The van der Waals surface area contributed by atoms with Gasteiger partial charge in [0.05, 0.1) is 6.04 Å². The predicted octanol–water partition coefficient (Wildman–Crippen LogP) is 3.41. The SMILES string of the molecule is CC(C)[C@@H](N)C(=O)N/C(=C\c1cc(O)c(O)c(O)c1)C(=O)N[C@@H](Cc1c[nH]c2cc(Br)ccc12)C(=O)N/C=C/c1ccc(O)c(O)c1. The third-order valence-electron chi connectivity index (χ3n) is 7.20. The number of carbonyl (C=O) groups excluding carboxylic acids is 3. The molecule has 14 heteroatoms. The van der Waals surface area contributed by atoms with Crippen LogP contribution in [0.5, 0.6) is 28.7 Å². The molecule has 47 heavy (non-hydrogen) atoms. The van der Waals surface area contributed by atoms with Crippen LogP contribution in [0, 0.1) is 5.92 Å². The van der Waals surface area contributed by atoms with Crippen molar-refractivity contribution in [1.29, 1.82) is 0 Å². The highest BCUT2D eigenvalue weighted by atomic mass is 79.9. The fraction of sp³-hybridized carbons (Fsp3) is 0.182. The quantitative estimate of drug-likeness (QED) is 0.0812. The van der Waals surface area contributed by atoms with E-state index in [1.807, 2.05) is 18.2 Å². The number of nitrogens with one attached hydrogen (secondary N) is 4. The summed E-state index contributed by atoms with van der Waals surface area (Å²) in [5.74, 6) is -5.26. The number of carbonyl (C=O) groups is 3. The Bertz CT molecular complexity index is 1860. The average Bonchev–Trinajstić information content (AvgIpc) is 3.41. The maximum Gasteiger partial charge on any atom is 0.268 e. The normalized spacial score (nSPS) is 13.1. The lowest BCUT2D eigenvalue weighted by atomic mass is 10.0. The van der Waals surface area contributed by atoms with Crippen LogP contribution in [0.3, 0.4) is 0 Å². The maximum atomic E-state index is 13.8. The van der Waals surface area contributed by atoms with Gasteiger partial charge in [0.1, 0.15) is 11.7 Å². The van der Waals surface area contributed by atoms with Crippen LogP contribution in [-0.2, 0) is 20.8 Å². The molecule has 3 amide bonds. The molecule has 0 radical (unpaired) electrons. The number of phenols is 5. The number of rotatable bonds is 11. The number of benzene rings is 3. The van der Waals surface area contributed by atoms with Crippen molar-refractivity contribution in [1.82, 2.24) is 20.9 Å². The Balaban J connectivity index is 1.67. The molecule has 0 aliphatic heterocycles. The highest BCUT2D eigenvalue weighted by molar-refractivity contribution is 9.10. The monoisotopic (exact) mass is 707 g/mol. The van der Waals surface area contributed by atoms with E-state index >= 15 is 0 Å². The first-order valence-corrected chi connectivity index (χ1v) is 15.1. The Morgan fingerprint density at radius 2 is 1.57 bits per heavy atom. The minimum Gasteiger partial charge on any atom is -0.504 e. The van der Waals surface area contributed by atoms with Crippen molar-refractivity contribution < 1.29 is 39.9 Å². The third kappa shape index (κ3) is 8.62. The highest BCUT2D eigenvalue weighted by Crippen LogP contribution is 2.36. The fourth-order valence-corrected chi connectivity index (χ4v) is 4.87. The topological polar surface area (TPSA) is 230 Å². The summed E-state index contributed by atoms with van der Waals surface area (Å²) in [6, 6.07) is 9.57. The largest absolute Gasteiger partial charge is 0.504 e. The molecule has 1 aromatic heterocycles. The number of aromatic amines is 1. The molecule has 0 saturated heterocycles. The molecule has 13 nitrogen and oxygen atoms in total. The van der Waals surface area contributed by atoms with Crippen LogP contribution in [-0.4, -0.2) is 60.3 Å². The molecule has 4 aromatic rings. The Morgan fingerprint density at radius 1 is 0.894 bits per heavy atom. The molecule has 0 unspecified atom stereocenters. The third-order valence-corrected chi connectivity index (χ3v) is 7.70. The second-order valence-electron chi connectivity index (χ2n) is 11.0. The zero-order chi connectivity index (χ0) is 34.4. The van der Waals surface area contributed by atoms with E-state index in [0.29, 0.717) is 11.1 Å². The van der Waals surface area contributed by atoms with Crippen LogP contribution in [0.4, 0.5) is 0 Å². The van der Waals surface area contributed by atoms with E-state index in [9.17, 15) is 39.9 Å².